The quantitative estimate of drug-likeness (QED) is 0.620. The molecule has 0 spiro atoms. The van der Waals surface area contributed by atoms with E-state index >= 15 is 0 Å². The van der Waals surface area contributed by atoms with Gasteiger partial charge in [-0.05, 0) is 12.1 Å². The number of alkyl halides is 6. The first-order valence-electron chi connectivity index (χ1n) is 5.80. The zero-order valence-corrected chi connectivity index (χ0v) is 11.1. The van der Waals surface area contributed by atoms with Gasteiger partial charge in [0.15, 0.2) is 0 Å². The van der Waals surface area contributed by atoms with E-state index in [1.165, 1.54) is 7.11 Å². The molecule has 0 unspecified atom stereocenters. The van der Waals surface area contributed by atoms with Crippen molar-refractivity contribution < 1.29 is 40.3 Å². The number of methoxy groups -OCH3 is 1. The van der Waals surface area contributed by atoms with Gasteiger partial charge in [0.25, 0.3) is 5.78 Å². The van der Waals surface area contributed by atoms with E-state index in [0.29, 0.717) is 0 Å². The molecule has 0 N–H and O–H groups in total. The summed E-state index contributed by atoms with van der Waals surface area (Å²) in [5, 5.41) is -0.605. The summed E-state index contributed by atoms with van der Waals surface area (Å²) in [4.78, 5) is 23.2. The molecule has 0 saturated heterocycles. The number of halogens is 6. The number of fused-ring (bicyclic) bond motifs is 1. The van der Waals surface area contributed by atoms with Gasteiger partial charge in [-0.25, -0.2) is 0 Å². The molecule has 1 heterocycles. The summed E-state index contributed by atoms with van der Waals surface area (Å²) in [7, 11) is 1.19. The van der Waals surface area contributed by atoms with Gasteiger partial charge in [-0.1, -0.05) is 0 Å². The molecule has 1 aromatic heterocycles. The second-order valence-electron chi connectivity index (χ2n) is 4.32. The minimum absolute atomic E-state index is 0.0173. The molecule has 0 radical (unpaired) electrons. The van der Waals surface area contributed by atoms with E-state index in [9.17, 15) is 35.9 Å². The van der Waals surface area contributed by atoms with Gasteiger partial charge in [0.05, 0.1) is 12.5 Å². The molecule has 0 fully saturated rings. The van der Waals surface area contributed by atoms with Crippen molar-refractivity contribution in [2.75, 3.05) is 7.11 Å². The molecule has 0 aliphatic heterocycles. The number of hydrogen-bond donors (Lipinski definition) is 0. The van der Waals surface area contributed by atoms with Gasteiger partial charge in [-0.2, -0.15) is 26.3 Å². The molecule has 0 atom stereocenters. The molecule has 23 heavy (non-hydrogen) atoms. The average molecular weight is 340 g/mol. The van der Waals surface area contributed by atoms with Crippen LogP contribution in [0.4, 0.5) is 26.3 Å². The van der Waals surface area contributed by atoms with E-state index in [0.717, 1.165) is 18.2 Å². The molecule has 4 nitrogen and oxygen atoms in total. The fourth-order valence-corrected chi connectivity index (χ4v) is 1.85. The summed E-state index contributed by atoms with van der Waals surface area (Å²) >= 11 is 0. The van der Waals surface area contributed by atoms with Crippen molar-refractivity contribution in [2.45, 2.75) is 12.4 Å². The SMILES string of the molecule is COc1ccc2c(=O)c(C(=O)C(F)(F)F)c(C(F)(F)F)oc2c1. The maximum Gasteiger partial charge on any atom is 0.455 e. The van der Waals surface area contributed by atoms with Crippen molar-refractivity contribution in [3.63, 3.8) is 0 Å². The van der Waals surface area contributed by atoms with Crippen molar-refractivity contribution in [3.05, 3.63) is 39.7 Å². The van der Waals surface area contributed by atoms with E-state index in [1.54, 1.807) is 0 Å². The Hall–Kier alpha value is -2.52. The third-order valence-corrected chi connectivity index (χ3v) is 2.84. The molecule has 1 aromatic carbocycles. The Kier molecular flexibility index (Phi) is 3.87. The first-order chi connectivity index (χ1) is 10.5. The van der Waals surface area contributed by atoms with Gasteiger partial charge in [0.2, 0.25) is 11.2 Å². The van der Waals surface area contributed by atoms with Gasteiger partial charge in [-0.15, -0.1) is 0 Å². The van der Waals surface area contributed by atoms with E-state index in [-0.39, 0.29) is 5.75 Å². The Morgan fingerprint density at radius 2 is 1.74 bits per heavy atom. The predicted molar refractivity (Wildman–Crippen MR) is 64.4 cm³/mol. The minimum atomic E-state index is -5.66. The Bertz CT molecular complexity index is 831. The largest absolute Gasteiger partial charge is 0.497 e. The first kappa shape index (κ1) is 16.8. The Morgan fingerprint density at radius 3 is 2.22 bits per heavy atom. The van der Waals surface area contributed by atoms with Crippen LogP contribution in [0.1, 0.15) is 16.1 Å². The number of ether oxygens (including phenoxy) is 1. The van der Waals surface area contributed by atoms with Gasteiger partial charge >= 0.3 is 12.4 Å². The molecule has 2 aromatic rings. The van der Waals surface area contributed by atoms with E-state index < -0.39 is 45.9 Å². The normalized spacial score (nSPS) is 12.5. The number of benzene rings is 1. The minimum Gasteiger partial charge on any atom is -0.497 e. The van der Waals surface area contributed by atoms with Gasteiger partial charge < -0.3 is 9.15 Å². The van der Waals surface area contributed by atoms with Crippen LogP contribution in [-0.2, 0) is 6.18 Å². The van der Waals surface area contributed by atoms with Crippen LogP contribution in [0.15, 0.2) is 27.4 Å². The highest BCUT2D eigenvalue weighted by Crippen LogP contribution is 2.35. The van der Waals surface area contributed by atoms with Gasteiger partial charge in [0, 0.05) is 6.07 Å². The zero-order valence-electron chi connectivity index (χ0n) is 11.1. The Labute approximate surface area is 123 Å². The average Bonchev–Trinajstić information content (AvgIpc) is 2.43. The number of carbonyl (C=O) groups is 1. The summed E-state index contributed by atoms with van der Waals surface area (Å²) in [5.41, 5.74) is -4.47. The highest BCUT2D eigenvalue weighted by molar-refractivity contribution is 6.03. The second-order valence-corrected chi connectivity index (χ2v) is 4.32. The topological polar surface area (TPSA) is 56.5 Å². The zero-order chi connectivity index (χ0) is 17.6. The van der Waals surface area contributed by atoms with Gasteiger partial charge in [0.1, 0.15) is 16.9 Å². The standard InChI is InChI=1S/C13H6F6O4/c1-22-5-2-3-6-7(4-5)23-11(13(17,18)19)8(9(6)20)10(21)12(14,15)16/h2-4H,1H3. The van der Waals surface area contributed by atoms with Gasteiger partial charge in [-0.3, -0.25) is 9.59 Å². The monoisotopic (exact) mass is 340 g/mol. The third-order valence-electron chi connectivity index (χ3n) is 2.84. The van der Waals surface area contributed by atoms with Crippen LogP contribution in [0.3, 0.4) is 0 Å². The lowest BCUT2D eigenvalue weighted by molar-refractivity contribution is -0.153. The summed E-state index contributed by atoms with van der Waals surface area (Å²) in [5.74, 6) is -5.20. The summed E-state index contributed by atoms with van der Waals surface area (Å²) in [6, 6.07) is 2.94. The van der Waals surface area contributed by atoms with Crippen molar-refractivity contribution in [2.24, 2.45) is 0 Å². The molecular weight excluding hydrogens is 334 g/mol. The Balaban J connectivity index is 2.92. The lowest BCUT2D eigenvalue weighted by atomic mass is 10.1. The molecule has 0 saturated carbocycles. The second kappa shape index (κ2) is 5.28. The van der Waals surface area contributed by atoms with E-state index in [4.69, 9.17) is 4.74 Å². The highest BCUT2D eigenvalue weighted by Gasteiger charge is 2.48. The van der Waals surface area contributed by atoms with Crippen LogP contribution in [0, 0.1) is 0 Å². The van der Waals surface area contributed by atoms with Crippen LogP contribution in [0.2, 0.25) is 0 Å². The van der Waals surface area contributed by atoms with Crippen molar-refractivity contribution in [3.8, 4) is 5.75 Å². The van der Waals surface area contributed by atoms with Crippen LogP contribution in [0.25, 0.3) is 11.0 Å². The fourth-order valence-electron chi connectivity index (χ4n) is 1.85. The molecule has 2 rings (SSSR count). The van der Waals surface area contributed by atoms with Crippen LogP contribution < -0.4 is 10.2 Å². The predicted octanol–water partition coefficient (Wildman–Crippen LogP) is 3.57. The molecule has 124 valence electrons. The molecule has 0 aliphatic carbocycles. The van der Waals surface area contributed by atoms with Crippen molar-refractivity contribution in [1.29, 1.82) is 0 Å². The van der Waals surface area contributed by atoms with Crippen molar-refractivity contribution in [1.82, 2.24) is 0 Å². The summed E-state index contributed by atoms with van der Waals surface area (Å²) < 4.78 is 85.3. The smallest absolute Gasteiger partial charge is 0.455 e. The Morgan fingerprint density at radius 1 is 1.13 bits per heavy atom. The molecule has 0 bridgehead atoms. The maximum atomic E-state index is 12.9. The number of Topliss-reactive ketones (excluding diaryl/α,β-unsaturated/α-hetero) is 1. The molecule has 10 heteroatoms. The number of hydrogen-bond acceptors (Lipinski definition) is 4. The molecule has 0 aliphatic rings. The lowest BCUT2D eigenvalue weighted by Crippen LogP contribution is -2.32. The van der Waals surface area contributed by atoms with Crippen LogP contribution in [-0.4, -0.2) is 19.1 Å². The molecular formula is C13H6F6O4. The number of ketones is 1. The third kappa shape index (κ3) is 3.01. The summed E-state index contributed by atoms with van der Waals surface area (Å²) in [6.07, 6.45) is -11.1. The summed E-state index contributed by atoms with van der Waals surface area (Å²) in [6.45, 7) is 0. The lowest BCUT2D eigenvalue weighted by Gasteiger charge is -2.13. The molecule has 0 amide bonds. The van der Waals surface area contributed by atoms with Crippen molar-refractivity contribution >= 4 is 16.8 Å². The maximum absolute atomic E-state index is 12.9. The van der Waals surface area contributed by atoms with E-state index in [2.05, 4.69) is 4.42 Å². The highest BCUT2D eigenvalue weighted by atomic mass is 19.4. The fraction of sp³-hybridized carbons (Fsp3) is 0.231. The first-order valence-corrected chi connectivity index (χ1v) is 5.80. The van der Waals surface area contributed by atoms with Crippen LogP contribution >= 0.6 is 0 Å². The van der Waals surface area contributed by atoms with E-state index in [1.807, 2.05) is 0 Å². The number of carbonyl (C=O) groups excluding carboxylic acids is 1. The van der Waals surface area contributed by atoms with Crippen LogP contribution in [0.5, 0.6) is 5.75 Å². The number of rotatable bonds is 2.